The predicted octanol–water partition coefficient (Wildman–Crippen LogP) is 12.5. The average Bonchev–Trinajstić information content (AvgIpc) is 1.57. The minimum atomic E-state index is -1.15. The van der Waals surface area contributed by atoms with Crippen molar-refractivity contribution in [3.63, 3.8) is 0 Å². The molecule has 0 amide bonds. The molecule has 4 aromatic heterocycles. The molecule has 266 valence electrons. The van der Waals surface area contributed by atoms with E-state index in [2.05, 4.69) is 15.0 Å². The quantitative estimate of drug-likeness (QED) is 0.176. The average molecular weight is 761 g/mol. The van der Waals surface area contributed by atoms with E-state index in [1.165, 1.54) is 0 Å². The van der Waals surface area contributed by atoms with Crippen LogP contribution in [0.25, 0.3) is 106 Å². The Kier molecular flexibility index (Phi) is 2.91. The standard InChI is InChI=1S/C51H32N6/c1-2-16-33(17-3-1)34-30-31-48-41(32-34)39-22-8-14-28-46(39)57(48)51-53-49(52-50(54-51)56-44-26-12-6-20-37(44)38-21-7-13-27-45(38)56)40-23-9-15-29-47(40)55-42-24-10-4-18-35(42)36-19-5-11-25-43(36)55/h1-32H/i1D,2D,3D,4D,5D,6D,7D,8D,9D,10D,11D,12D,13D,14D,15D,16D,17D,18D,19D,20D,21D,22D,23D,24D,25D,26D,27D,28D,29D,30D,31D,32D. The van der Waals surface area contributed by atoms with Gasteiger partial charge >= 0.3 is 0 Å². The van der Waals surface area contributed by atoms with Crippen LogP contribution in [0.15, 0.2) is 193 Å². The minimum absolute atomic E-state index is 0.574. The lowest BCUT2D eigenvalue weighted by Crippen LogP contribution is -2.11. The van der Waals surface area contributed by atoms with Crippen molar-refractivity contribution < 1.29 is 43.9 Å². The van der Waals surface area contributed by atoms with Crippen molar-refractivity contribution in [2.45, 2.75) is 0 Å². The summed E-state index contributed by atoms with van der Waals surface area (Å²) in [6, 6.07) is -30.9. The molecule has 6 heteroatoms. The summed E-state index contributed by atoms with van der Waals surface area (Å²) in [6.07, 6.45) is 0. The van der Waals surface area contributed by atoms with Gasteiger partial charge in [-0.25, -0.2) is 0 Å². The van der Waals surface area contributed by atoms with E-state index in [9.17, 15) is 15.1 Å². The van der Waals surface area contributed by atoms with E-state index in [4.69, 9.17) is 28.8 Å². The third-order valence-corrected chi connectivity index (χ3v) is 9.10. The molecule has 0 saturated carbocycles. The van der Waals surface area contributed by atoms with Crippen molar-refractivity contribution in [2.24, 2.45) is 0 Å². The molecule has 0 N–H and O–H groups in total. The van der Waals surface area contributed by atoms with Crippen molar-refractivity contribution >= 4 is 65.4 Å². The molecule has 0 radical (unpaired) electrons. The summed E-state index contributed by atoms with van der Waals surface area (Å²) in [5.41, 5.74) is -7.82. The van der Waals surface area contributed by atoms with Crippen LogP contribution >= 0.6 is 0 Å². The summed E-state index contributed by atoms with van der Waals surface area (Å²) in [6.45, 7) is 0. The molecule has 12 rings (SSSR count). The Bertz CT molecular complexity index is 5230. The highest BCUT2D eigenvalue weighted by atomic mass is 15.3. The van der Waals surface area contributed by atoms with Crippen LogP contribution in [0.1, 0.15) is 43.9 Å². The number of fused-ring (bicyclic) bond motifs is 9. The maximum atomic E-state index is 9.78. The number of para-hydroxylation sites is 6. The molecule has 0 fully saturated rings. The summed E-state index contributed by atoms with van der Waals surface area (Å²) in [4.78, 5) is 13.9. The number of nitrogens with zero attached hydrogens (tertiary/aromatic N) is 6. The molecule has 57 heavy (non-hydrogen) atoms. The second-order valence-corrected chi connectivity index (χ2v) is 12.1. The van der Waals surface area contributed by atoms with Crippen LogP contribution in [0, 0.1) is 0 Å². The van der Waals surface area contributed by atoms with Crippen LogP contribution in [-0.4, -0.2) is 28.7 Å². The highest BCUT2D eigenvalue weighted by Gasteiger charge is 2.23. The van der Waals surface area contributed by atoms with Crippen LogP contribution in [0.5, 0.6) is 0 Å². The lowest BCUT2D eigenvalue weighted by atomic mass is 10.0. The zero-order valence-electron chi connectivity index (χ0n) is 60.2. The van der Waals surface area contributed by atoms with Gasteiger partial charge in [-0.3, -0.25) is 9.13 Å². The van der Waals surface area contributed by atoms with Crippen molar-refractivity contribution in [1.82, 2.24) is 28.7 Å². The molecule has 0 unspecified atom stereocenters. The monoisotopic (exact) mass is 760 g/mol. The fourth-order valence-electron chi connectivity index (χ4n) is 6.78. The topological polar surface area (TPSA) is 53.5 Å². The Morgan fingerprint density at radius 2 is 0.719 bits per heavy atom. The third-order valence-electron chi connectivity index (χ3n) is 9.10. The van der Waals surface area contributed by atoms with Crippen LogP contribution in [0.4, 0.5) is 0 Å². The third kappa shape index (κ3) is 4.74. The molecule has 4 heterocycles. The highest BCUT2D eigenvalue weighted by molar-refractivity contribution is 6.12. The van der Waals surface area contributed by atoms with Crippen LogP contribution in [0.3, 0.4) is 0 Å². The molecule has 6 nitrogen and oxygen atoms in total. The first-order valence-electron chi connectivity index (χ1n) is 32.6. The van der Waals surface area contributed by atoms with E-state index >= 15 is 0 Å². The summed E-state index contributed by atoms with van der Waals surface area (Å²) in [7, 11) is 0. The summed E-state index contributed by atoms with van der Waals surface area (Å²) < 4.78 is 292. The Morgan fingerprint density at radius 3 is 1.25 bits per heavy atom. The number of hydrogen-bond donors (Lipinski definition) is 0. The van der Waals surface area contributed by atoms with Gasteiger partial charge in [0.05, 0.1) is 82.7 Å². The van der Waals surface area contributed by atoms with Gasteiger partial charge in [-0.1, -0.05) is 139 Å². The molecular formula is C51H32N6. The van der Waals surface area contributed by atoms with Crippen molar-refractivity contribution in [2.75, 3.05) is 0 Å². The van der Waals surface area contributed by atoms with E-state index in [-0.39, 0.29) is 0 Å². The van der Waals surface area contributed by atoms with Crippen LogP contribution in [-0.2, 0) is 0 Å². The summed E-state index contributed by atoms with van der Waals surface area (Å²) in [5, 5.41) is -3.66. The Morgan fingerprint density at radius 1 is 0.316 bits per heavy atom. The zero-order chi connectivity index (χ0) is 65.3. The molecule has 0 aliphatic heterocycles. The first-order chi connectivity index (χ1) is 41.6. The lowest BCUT2D eigenvalue weighted by Gasteiger charge is -2.16. The Hall–Kier alpha value is -7.83. The molecule has 8 aromatic carbocycles. The van der Waals surface area contributed by atoms with Crippen molar-refractivity contribution in [3.8, 4) is 40.1 Å². The van der Waals surface area contributed by atoms with E-state index < -0.39 is 299 Å². The molecule has 0 aliphatic carbocycles. The van der Waals surface area contributed by atoms with Gasteiger partial charge in [0.1, 0.15) is 0 Å². The maximum Gasteiger partial charge on any atom is 0.240 e. The fourth-order valence-corrected chi connectivity index (χ4v) is 6.78. The normalized spacial score (nSPS) is 19.7. The number of hydrogen-bond acceptors (Lipinski definition) is 3. The molecule has 0 spiro atoms. The first kappa shape index (κ1) is 13.4. The SMILES string of the molecule is [2H]c1c([2H])c([2H])c(-c2c([2H])c([2H])c3c(c2[2H])c2c([2H])c([2H])c([2H])c([2H])c2n3-c2nc(-c3c([2H])c([2H])c([2H])c([2H])c3-n3c4c([2H])c([2H])c([2H])c([2H])c4c4c([2H])c([2H])c([2H])c([2H])c43)nc(-n3c4c([2H])c([2H])c([2H])c([2H])c4c4c([2H])c([2H])c([2H])c([2H])c43)n2)c([2H])c1[2H]. The van der Waals surface area contributed by atoms with E-state index in [1.54, 1.807) is 0 Å². The largest absolute Gasteiger partial charge is 0.309 e. The van der Waals surface area contributed by atoms with E-state index in [1.807, 2.05) is 0 Å². The van der Waals surface area contributed by atoms with Gasteiger partial charge in [0.15, 0.2) is 5.82 Å². The Labute approximate surface area is 372 Å². The summed E-state index contributed by atoms with van der Waals surface area (Å²) in [5.74, 6) is -3.16. The van der Waals surface area contributed by atoms with E-state index in [0.29, 0.717) is 13.7 Å². The molecular weight excluding hydrogens is 697 g/mol. The minimum Gasteiger partial charge on any atom is -0.309 e. The van der Waals surface area contributed by atoms with Crippen molar-refractivity contribution in [1.29, 1.82) is 0 Å². The summed E-state index contributed by atoms with van der Waals surface area (Å²) >= 11 is 0. The first-order valence-corrected chi connectivity index (χ1v) is 16.6. The van der Waals surface area contributed by atoms with E-state index in [0.717, 1.165) is 0 Å². The molecule has 12 aromatic rings. The zero-order valence-corrected chi connectivity index (χ0v) is 28.2. The van der Waals surface area contributed by atoms with Crippen LogP contribution < -0.4 is 0 Å². The van der Waals surface area contributed by atoms with Gasteiger partial charge in [0.25, 0.3) is 0 Å². The number of benzene rings is 8. The second-order valence-electron chi connectivity index (χ2n) is 12.1. The van der Waals surface area contributed by atoms with Gasteiger partial charge in [-0.2, -0.15) is 15.0 Å². The van der Waals surface area contributed by atoms with Crippen LogP contribution in [0.2, 0.25) is 0 Å². The maximum absolute atomic E-state index is 9.78. The number of aromatic nitrogens is 6. The van der Waals surface area contributed by atoms with Gasteiger partial charge < -0.3 is 4.57 Å². The highest BCUT2D eigenvalue weighted by Crippen LogP contribution is 2.38. The smallest absolute Gasteiger partial charge is 0.240 e. The van der Waals surface area contributed by atoms with Gasteiger partial charge in [-0.15, -0.1) is 0 Å². The lowest BCUT2D eigenvalue weighted by molar-refractivity contribution is 0.892. The fraction of sp³-hybridized carbons (Fsp3) is 0. The molecule has 0 saturated heterocycles. The van der Waals surface area contributed by atoms with Gasteiger partial charge in [0.2, 0.25) is 11.9 Å². The van der Waals surface area contributed by atoms with Gasteiger partial charge in [-0.05, 0) is 65.5 Å². The number of rotatable bonds is 5. The molecule has 0 aliphatic rings. The molecule has 0 atom stereocenters. The second kappa shape index (κ2) is 12.3. The molecule has 0 bridgehead atoms. The van der Waals surface area contributed by atoms with Crippen molar-refractivity contribution in [3.05, 3.63) is 193 Å². The Balaban J connectivity index is 1.39. The predicted molar refractivity (Wildman–Crippen MR) is 234 cm³/mol. The van der Waals surface area contributed by atoms with Gasteiger partial charge in [0, 0.05) is 37.9 Å².